The fraction of sp³-hybridized carbons (Fsp3) is 0.200. The van der Waals surface area contributed by atoms with Crippen molar-refractivity contribution in [2.24, 2.45) is 0 Å². The first-order valence-corrected chi connectivity index (χ1v) is 11.7. The van der Waals surface area contributed by atoms with Crippen molar-refractivity contribution in [2.75, 3.05) is 5.32 Å². The minimum Gasteiger partial charge on any atom is -0.306 e. The predicted octanol–water partition coefficient (Wildman–Crippen LogP) is 4.18. The highest BCUT2D eigenvalue weighted by molar-refractivity contribution is 7.98. The lowest BCUT2D eigenvalue weighted by Crippen LogP contribution is -2.21. The highest BCUT2D eigenvalue weighted by atomic mass is 32.2. The number of aryl methyl sites for hydroxylation is 1. The molecule has 0 fully saturated rings. The summed E-state index contributed by atoms with van der Waals surface area (Å²) in [5, 5.41) is 7.31. The number of anilines is 1. The van der Waals surface area contributed by atoms with Gasteiger partial charge in [-0.05, 0) is 36.8 Å². The maximum atomic E-state index is 13.1. The van der Waals surface area contributed by atoms with Gasteiger partial charge in [0, 0.05) is 17.1 Å². The first-order valence-electron chi connectivity index (χ1n) is 8.97. The molecule has 156 valence electrons. The summed E-state index contributed by atoms with van der Waals surface area (Å²) in [6.45, 7) is 1.93. The fourth-order valence-corrected chi connectivity index (χ4v) is 5.22. The molecule has 3 aromatic rings. The zero-order chi connectivity index (χ0) is 21.5. The van der Waals surface area contributed by atoms with Crippen molar-refractivity contribution >= 4 is 33.3 Å². The number of nitrogens with zero attached hydrogens (tertiary/aromatic N) is 2. The van der Waals surface area contributed by atoms with Gasteiger partial charge in [0.15, 0.2) is 0 Å². The molecule has 30 heavy (non-hydrogen) atoms. The summed E-state index contributed by atoms with van der Waals surface area (Å²) in [5.74, 6) is -2.68. The summed E-state index contributed by atoms with van der Waals surface area (Å²) in [6.07, 6.45) is 0. The fourth-order valence-electron chi connectivity index (χ4n) is 3.26. The minimum atomic E-state index is -4.93. The third-order valence-electron chi connectivity index (χ3n) is 4.70. The van der Waals surface area contributed by atoms with Crippen molar-refractivity contribution in [1.29, 1.82) is 0 Å². The number of fused-ring (bicyclic) bond motifs is 1. The lowest BCUT2D eigenvalue weighted by atomic mass is 10.2. The van der Waals surface area contributed by atoms with Gasteiger partial charge < -0.3 is 5.32 Å². The molecule has 1 N–H and O–H groups in total. The molecule has 0 unspecified atom stereocenters. The summed E-state index contributed by atoms with van der Waals surface area (Å²) < 4.78 is 51.8. The van der Waals surface area contributed by atoms with Crippen molar-refractivity contribution in [1.82, 2.24) is 9.78 Å². The van der Waals surface area contributed by atoms with E-state index in [2.05, 4.69) is 10.4 Å². The van der Waals surface area contributed by atoms with Gasteiger partial charge >= 0.3 is 5.76 Å². The molecule has 0 radical (unpaired) electrons. The highest BCUT2D eigenvalue weighted by Gasteiger charge is 2.32. The Morgan fingerprint density at radius 1 is 1.17 bits per heavy atom. The molecule has 1 amide bonds. The molecule has 0 bridgehead atoms. The largest absolute Gasteiger partial charge is 0.341 e. The molecule has 0 spiro atoms. The highest BCUT2D eigenvalue weighted by Crippen LogP contribution is 2.36. The number of nitrogens with one attached hydrogen (secondary N) is 1. The van der Waals surface area contributed by atoms with Gasteiger partial charge in [0.05, 0.1) is 21.8 Å². The molecule has 1 aromatic heterocycles. The van der Waals surface area contributed by atoms with E-state index in [1.165, 1.54) is 18.2 Å². The lowest BCUT2D eigenvalue weighted by Gasteiger charge is -2.13. The number of benzene rings is 2. The molecule has 2 aromatic carbocycles. The minimum absolute atomic E-state index is 0.339. The molecule has 1 aliphatic rings. The topological polar surface area (TPSA) is 81.1 Å². The summed E-state index contributed by atoms with van der Waals surface area (Å²) in [5.41, 5.74) is 3.06. The zero-order valence-corrected chi connectivity index (χ0v) is 17.4. The normalized spacial score (nSPS) is 13.5. The Bertz CT molecular complexity index is 1240. The molecule has 1 aliphatic heterocycles. The number of alkyl halides is 2. The number of aromatic nitrogens is 2. The van der Waals surface area contributed by atoms with Crippen LogP contribution in [-0.4, -0.2) is 29.9 Å². The third kappa shape index (κ3) is 3.61. The molecule has 6 nitrogen and oxygen atoms in total. The van der Waals surface area contributed by atoms with Crippen LogP contribution in [0.1, 0.15) is 27.2 Å². The van der Waals surface area contributed by atoms with E-state index in [0.29, 0.717) is 17.3 Å². The van der Waals surface area contributed by atoms with Crippen LogP contribution in [0.2, 0.25) is 0 Å². The zero-order valence-electron chi connectivity index (χ0n) is 15.8. The predicted molar refractivity (Wildman–Crippen MR) is 111 cm³/mol. The number of thioether (sulfide) groups is 1. The van der Waals surface area contributed by atoms with E-state index in [4.69, 9.17) is 0 Å². The molecular formula is C20H17F2N3O3S2. The van der Waals surface area contributed by atoms with Crippen molar-refractivity contribution < 1.29 is 22.0 Å². The number of carbonyl (C=O) groups is 1. The smallest absolute Gasteiger partial charge is 0.306 e. The van der Waals surface area contributed by atoms with E-state index in [1.54, 1.807) is 16.4 Å². The first-order chi connectivity index (χ1) is 14.3. The van der Waals surface area contributed by atoms with Crippen LogP contribution in [0.15, 0.2) is 53.4 Å². The average molecular weight is 450 g/mol. The quantitative estimate of drug-likeness (QED) is 0.632. The molecular weight excluding hydrogens is 432 g/mol. The van der Waals surface area contributed by atoms with Gasteiger partial charge in [-0.3, -0.25) is 4.79 Å². The van der Waals surface area contributed by atoms with Crippen LogP contribution in [0.3, 0.4) is 0 Å². The Kier molecular flexibility index (Phi) is 5.37. The second kappa shape index (κ2) is 7.84. The molecule has 2 heterocycles. The second-order valence-electron chi connectivity index (χ2n) is 6.77. The van der Waals surface area contributed by atoms with Gasteiger partial charge in [-0.2, -0.15) is 25.6 Å². The molecule has 0 saturated carbocycles. The van der Waals surface area contributed by atoms with E-state index in [0.717, 1.165) is 28.6 Å². The van der Waals surface area contributed by atoms with Crippen LogP contribution in [-0.2, 0) is 21.3 Å². The first kappa shape index (κ1) is 20.5. The van der Waals surface area contributed by atoms with E-state index < -0.39 is 26.4 Å². The Morgan fingerprint density at radius 2 is 1.93 bits per heavy atom. The van der Waals surface area contributed by atoms with Crippen molar-refractivity contribution in [3.63, 3.8) is 0 Å². The monoisotopic (exact) mass is 449 g/mol. The van der Waals surface area contributed by atoms with E-state index in [-0.39, 0.29) is 5.56 Å². The summed E-state index contributed by atoms with van der Waals surface area (Å²) in [4.78, 5) is 12.3. The molecule has 4 rings (SSSR count). The number of halogens is 2. The summed E-state index contributed by atoms with van der Waals surface area (Å²) in [7, 11) is -4.93. The van der Waals surface area contributed by atoms with Gasteiger partial charge in [0.2, 0.25) is 9.84 Å². The van der Waals surface area contributed by atoms with Gasteiger partial charge in [0.25, 0.3) is 5.91 Å². The van der Waals surface area contributed by atoms with E-state index >= 15 is 0 Å². The summed E-state index contributed by atoms with van der Waals surface area (Å²) in [6, 6.07) is 12.5. The van der Waals surface area contributed by atoms with Crippen LogP contribution in [0.4, 0.5) is 14.6 Å². The van der Waals surface area contributed by atoms with Crippen molar-refractivity contribution in [2.45, 2.75) is 29.1 Å². The van der Waals surface area contributed by atoms with Crippen LogP contribution in [0.25, 0.3) is 5.69 Å². The van der Waals surface area contributed by atoms with E-state index in [1.807, 2.05) is 31.2 Å². The van der Waals surface area contributed by atoms with Crippen LogP contribution in [0, 0.1) is 6.92 Å². The number of hydrogen-bond acceptors (Lipinski definition) is 5. The van der Waals surface area contributed by atoms with Crippen LogP contribution >= 0.6 is 11.8 Å². The molecule has 10 heteroatoms. The number of amides is 1. The number of hydrogen-bond donors (Lipinski definition) is 1. The Balaban J connectivity index is 1.77. The molecule has 0 atom stereocenters. The Hall–Kier alpha value is -2.72. The summed E-state index contributed by atoms with van der Waals surface area (Å²) >= 11 is 1.64. The van der Waals surface area contributed by atoms with Gasteiger partial charge in [-0.15, -0.1) is 0 Å². The molecule has 0 aliphatic carbocycles. The van der Waals surface area contributed by atoms with Crippen LogP contribution in [0.5, 0.6) is 0 Å². The standard InChI is InChI=1S/C20H17F2N3O3S2/c1-12-5-4-6-13(9-12)25-18(15-10-29-11-16(15)24-25)23-19(26)14-7-2-3-8-17(14)30(27,28)20(21)22/h2-9,20H,10-11H2,1H3,(H,23,26). The average Bonchev–Trinajstić information content (AvgIpc) is 3.30. The van der Waals surface area contributed by atoms with E-state index in [9.17, 15) is 22.0 Å². The van der Waals surface area contributed by atoms with Crippen LogP contribution < -0.4 is 5.32 Å². The number of sulfone groups is 1. The van der Waals surface area contributed by atoms with Crippen molar-refractivity contribution in [3.8, 4) is 5.69 Å². The lowest BCUT2D eigenvalue weighted by molar-refractivity contribution is 0.102. The van der Waals surface area contributed by atoms with Crippen molar-refractivity contribution in [3.05, 3.63) is 70.9 Å². The maximum Gasteiger partial charge on any atom is 0.341 e. The third-order valence-corrected chi connectivity index (χ3v) is 7.11. The second-order valence-corrected chi connectivity index (χ2v) is 9.65. The van der Waals surface area contributed by atoms with Gasteiger partial charge in [-0.1, -0.05) is 24.3 Å². The maximum absolute atomic E-state index is 13.1. The number of carbonyl (C=O) groups excluding carboxylic acids is 1. The SMILES string of the molecule is Cc1cccc(-n2nc3c(c2NC(=O)c2ccccc2S(=O)(=O)C(F)F)CSC3)c1. The van der Waals surface area contributed by atoms with Gasteiger partial charge in [0.1, 0.15) is 5.82 Å². The number of rotatable bonds is 5. The Labute approximate surface area is 176 Å². The van der Waals surface area contributed by atoms with Gasteiger partial charge in [-0.25, -0.2) is 13.1 Å². The Morgan fingerprint density at radius 3 is 2.67 bits per heavy atom. The molecule has 0 saturated heterocycles.